The molecule has 0 saturated heterocycles. The van der Waals surface area contributed by atoms with Gasteiger partial charge in [-0.1, -0.05) is 39.8 Å². The Morgan fingerprint density at radius 2 is 1.95 bits per heavy atom. The average Bonchev–Trinajstić information content (AvgIpc) is 2.35. The molecule has 1 heterocycles. The van der Waals surface area contributed by atoms with Gasteiger partial charge in [0.25, 0.3) is 0 Å². The lowest BCUT2D eigenvalue weighted by atomic mass is 9.82. The first-order valence-corrected chi connectivity index (χ1v) is 7.38. The Kier molecular flexibility index (Phi) is 4.44. The molecular weight excluding hydrogens is 246 g/mol. The number of nitrogens with zero attached hydrogens (tertiary/aromatic N) is 1. The monoisotopic (exact) mass is 271 g/mol. The summed E-state index contributed by atoms with van der Waals surface area (Å²) in [6, 6.07) is 10.0. The van der Waals surface area contributed by atoms with Crippen molar-refractivity contribution < 1.29 is 5.11 Å². The van der Waals surface area contributed by atoms with Crippen molar-refractivity contribution in [3.8, 4) is 0 Å². The van der Waals surface area contributed by atoms with Crippen molar-refractivity contribution in [2.24, 2.45) is 11.3 Å². The summed E-state index contributed by atoms with van der Waals surface area (Å²) in [4.78, 5) is 4.31. The molecule has 1 aromatic heterocycles. The second kappa shape index (κ2) is 5.92. The second-order valence-electron chi connectivity index (χ2n) is 7.08. The third-order valence-electron chi connectivity index (χ3n) is 3.60. The van der Waals surface area contributed by atoms with Crippen molar-refractivity contribution in [2.75, 3.05) is 0 Å². The summed E-state index contributed by atoms with van der Waals surface area (Å²) in [7, 11) is 0. The smallest absolute Gasteiger partial charge is 0.0792 e. The standard InChI is InChI=1S/C18H25NO/c1-13(12-18(2,3)4)10-17(20)15-7-8-16-14(11-15)6-5-9-19-16/h5-9,11,13,17,20H,10,12H2,1-4H3. The lowest BCUT2D eigenvalue weighted by Gasteiger charge is -2.25. The molecule has 0 aliphatic rings. The molecule has 0 amide bonds. The molecule has 0 bridgehead atoms. The maximum Gasteiger partial charge on any atom is 0.0792 e. The lowest BCUT2D eigenvalue weighted by Crippen LogP contribution is -2.13. The number of aliphatic hydroxyl groups is 1. The maximum atomic E-state index is 10.4. The van der Waals surface area contributed by atoms with Crippen LogP contribution in [-0.4, -0.2) is 10.1 Å². The van der Waals surface area contributed by atoms with Crippen LogP contribution in [0, 0.1) is 11.3 Å². The Morgan fingerprint density at radius 1 is 1.20 bits per heavy atom. The predicted molar refractivity (Wildman–Crippen MR) is 84.6 cm³/mol. The number of hydrogen-bond donors (Lipinski definition) is 1. The Labute approximate surface area is 121 Å². The highest BCUT2D eigenvalue weighted by Gasteiger charge is 2.19. The third-order valence-corrected chi connectivity index (χ3v) is 3.60. The van der Waals surface area contributed by atoms with Crippen LogP contribution < -0.4 is 0 Å². The van der Waals surface area contributed by atoms with E-state index in [9.17, 15) is 5.11 Å². The average molecular weight is 271 g/mol. The third kappa shape index (κ3) is 4.04. The summed E-state index contributed by atoms with van der Waals surface area (Å²) in [6.07, 6.45) is 3.34. The van der Waals surface area contributed by atoms with Crippen LogP contribution in [0.25, 0.3) is 10.9 Å². The number of aliphatic hydroxyl groups excluding tert-OH is 1. The molecule has 2 nitrogen and oxygen atoms in total. The van der Waals surface area contributed by atoms with E-state index in [4.69, 9.17) is 0 Å². The second-order valence-corrected chi connectivity index (χ2v) is 7.08. The van der Waals surface area contributed by atoms with Crippen LogP contribution in [0.15, 0.2) is 36.5 Å². The van der Waals surface area contributed by atoms with E-state index >= 15 is 0 Å². The fraction of sp³-hybridized carbons (Fsp3) is 0.500. The van der Waals surface area contributed by atoms with Crippen molar-refractivity contribution in [1.29, 1.82) is 0 Å². The van der Waals surface area contributed by atoms with Crippen LogP contribution in [0.1, 0.15) is 52.2 Å². The van der Waals surface area contributed by atoms with E-state index in [0.717, 1.165) is 29.3 Å². The number of fused-ring (bicyclic) bond motifs is 1. The number of benzene rings is 1. The number of rotatable bonds is 4. The summed E-state index contributed by atoms with van der Waals surface area (Å²) in [5.41, 5.74) is 2.28. The van der Waals surface area contributed by atoms with Crippen molar-refractivity contribution >= 4 is 10.9 Å². The molecule has 0 aliphatic heterocycles. The summed E-state index contributed by atoms with van der Waals surface area (Å²) in [5, 5.41) is 11.5. The van der Waals surface area contributed by atoms with E-state index in [1.165, 1.54) is 0 Å². The topological polar surface area (TPSA) is 33.1 Å². The van der Waals surface area contributed by atoms with Crippen LogP contribution in [0.4, 0.5) is 0 Å². The van der Waals surface area contributed by atoms with E-state index in [-0.39, 0.29) is 0 Å². The Morgan fingerprint density at radius 3 is 2.65 bits per heavy atom. The zero-order chi connectivity index (χ0) is 14.8. The van der Waals surface area contributed by atoms with E-state index in [0.29, 0.717) is 11.3 Å². The van der Waals surface area contributed by atoms with Crippen molar-refractivity contribution in [3.63, 3.8) is 0 Å². The quantitative estimate of drug-likeness (QED) is 0.872. The van der Waals surface area contributed by atoms with E-state index in [1.54, 1.807) is 6.20 Å². The first kappa shape index (κ1) is 15.0. The van der Waals surface area contributed by atoms with Crippen molar-refractivity contribution in [3.05, 3.63) is 42.1 Å². The normalized spacial score (nSPS) is 15.2. The van der Waals surface area contributed by atoms with E-state index < -0.39 is 6.10 Å². The molecular formula is C18H25NO. The minimum Gasteiger partial charge on any atom is -0.388 e. The molecule has 2 heteroatoms. The molecule has 0 aliphatic carbocycles. The minimum absolute atomic E-state index is 0.312. The first-order valence-electron chi connectivity index (χ1n) is 7.38. The lowest BCUT2D eigenvalue weighted by molar-refractivity contribution is 0.134. The highest BCUT2D eigenvalue weighted by Crippen LogP contribution is 2.31. The van der Waals surface area contributed by atoms with Gasteiger partial charge in [-0.25, -0.2) is 0 Å². The predicted octanol–water partition coefficient (Wildman–Crippen LogP) is 4.73. The molecule has 2 unspecified atom stereocenters. The fourth-order valence-electron chi connectivity index (χ4n) is 2.95. The van der Waals surface area contributed by atoms with Crippen LogP contribution in [0.2, 0.25) is 0 Å². The van der Waals surface area contributed by atoms with Crippen LogP contribution in [0.3, 0.4) is 0 Å². The Hall–Kier alpha value is -1.41. The molecule has 20 heavy (non-hydrogen) atoms. The molecule has 1 N–H and O–H groups in total. The van der Waals surface area contributed by atoms with Gasteiger partial charge in [0, 0.05) is 11.6 Å². The number of pyridine rings is 1. The van der Waals surface area contributed by atoms with Crippen molar-refractivity contribution in [1.82, 2.24) is 4.98 Å². The fourth-order valence-corrected chi connectivity index (χ4v) is 2.95. The summed E-state index contributed by atoms with van der Waals surface area (Å²) >= 11 is 0. The molecule has 0 spiro atoms. The van der Waals surface area contributed by atoms with Gasteiger partial charge in [0.2, 0.25) is 0 Å². The highest BCUT2D eigenvalue weighted by molar-refractivity contribution is 5.78. The highest BCUT2D eigenvalue weighted by atomic mass is 16.3. The van der Waals surface area contributed by atoms with E-state index in [1.807, 2.05) is 24.3 Å². The van der Waals surface area contributed by atoms with Gasteiger partial charge >= 0.3 is 0 Å². The SMILES string of the molecule is CC(CC(O)c1ccc2ncccc2c1)CC(C)(C)C. The van der Waals surface area contributed by atoms with Gasteiger partial charge in [0.15, 0.2) is 0 Å². The number of hydrogen-bond acceptors (Lipinski definition) is 2. The van der Waals surface area contributed by atoms with Gasteiger partial charge in [0.05, 0.1) is 11.6 Å². The van der Waals surface area contributed by atoms with Crippen molar-refractivity contribution in [2.45, 2.75) is 46.6 Å². The molecule has 2 rings (SSSR count). The minimum atomic E-state index is -0.392. The van der Waals surface area contributed by atoms with Gasteiger partial charge in [-0.15, -0.1) is 0 Å². The molecule has 1 aromatic carbocycles. The maximum absolute atomic E-state index is 10.4. The van der Waals surface area contributed by atoms with Gasteiger partial charge in [-0.3, -0.25) is 4.98 Å². The van der Waals surface area contributed by atoms with Crippen LogP contribution in [-0.2, 0) is 0 Å². The molecule has 2 atom stereocenters. The molecule has 108 valence electrons. The van der Waals surface area contributed by atoms with Gasteiger partial charge < -0.3 is 5.11 Å². The molecule has 0 radical (unpaired) electrons. The van der Waals surface area contributed by atoms with Gasteiger partial charge in [-0.2, -0.15) is 0 Å². The van der Waals surface area contributed by atoms with Crippen LogP contribution in [0.5, 0.6) is 0 Å². The summed E-state index contributed by atoms with van der Waals surface area (Å²) in [5.74, 6) is 0.509. The molecule has 2 aromatic rings. The Balaban J connectivity index is 2.09. The zero-order valence-corrected chi connectivity index (χ0v) is 12.9. The summed E-state index contributed by atoms with van der Waals surface area (Å²) in [6.45, 7) is 8.96. The summed E-state index contributed by atoms with van der Waals surface area (Å²) < 4.78 is 0. The largest absolute Gasteiger partial charge is 0.388 e. The van der Waals surface area contributed by atoms with Crippen LogP contribution >= 0.6 is 0 Å². The molecule has 0 saturated carbocycles. The van der Waals surface area contributed by atoms with Gasteiger partial charge in [-0.05, 0) is 47.9 Å². The zero-order valence-electron chi connectivity index (χ0n) is 12.9. The Bertz CT molecular complexity index is 571. The van der Waals surface area contributed by atoms with Gasteiger partial charge in [0.1, 0.15) is 0 Å². The van der Waals surface area contributed by atoms with E-state index in [2.05, 4.69) is 38.7 Å². The first-order chi connectivity index (χ1) is 9.35. The number of aromatic nitrogens is 1. The molecule has 0 fully saturated rings.